The van der Waals surface area contributed by atoms with Crippen LogP contribution in [0.25, 0.3) is 0 Å². The fraction of sp³-hybridized carbons (Fsp3) is 0.900. The quantitative estimate of drug-likeness (QED) is 0.411. The highest BCUT2D eigenvalue weighted by Gasteiger charge is 1.89. The topological polar surface area (TPSA) is 12.4 Å². The second-order valence-corrected chi connectivity index (χ2v) is 3.07. The molecule has 0 rings (SSSR count). The number of unbranched alkanes of at least 4 members (excludes halogenated alkanes) is 2. The molecule has 0 radical (unpaired) electrons. The third-order valence-electron chi connectivity index (χ3n) is 1.79. The van der Waals surface area contributed by atoms with Crippen LogP contribution in [0.3, 0.4) is 0 Å². The van der Waals surface area contributed by atoms with E-state index in [1.807, 2.05) is 0 Å². The Morgan fingerprint density at radius 1 is 1.09 bits per heavy atom. The van der Waals surface area contributed by atoms with Crippen molar-refractivity contribution in [2.45, 2.75) is 52.9 Å². The van der Waals surface area contributed by atoms with Gasteiger partial charge in [-0.05, 0) is 26.2 Å². The largest absolute Gasteiger partial charge is 0.294 e. The highest BCUT2D eigenvalue weighted by molar-refractivity contribution is 5.81. The first-order chi connectivity index (χ1) is 5.31. The zero-order valence-electron chi connectivity index (χ0n) is 8.19. The maximum Gasteiger partial charge on any atom is 0.0388 e. The average molecular weight is 155 g/mol. The molecule has 0 amide bonds. The summed E-state index contributed by atoms with van der Waals surface area (Å²) in [6.07, 6.45) is 6.26. The van der Waals surface area contributed by atoms with Gasteiger partial charge in [0.2, 0.25) is 0 Å². The molecule has 0 saturated carbocycles. The average Bonchev–Trinajstić information content (AvgIpc) is 2.01. The Bertz CT molecular complexity index is 105. The van der Waals surface area contributed by atoms with Crippen LogP contribution >= 0.6 is 0 Å². The predicted octanol–water partition coefficient (Wildman–Crippen LogP) is 3.44. The fourth-order valence-corrected chi connectivity index (χ4v) is 0.940. The monoisotopic (exact) mass is 155 g/mol. The molecule has 0 aliphatic rings. The summed E-state index contributed by atoms with van der Waals surface area (Å²) in [7, 11) is 0. The molecule has 0 N–H and O–H groups in total. The SMILES string of the molecule is CCCC/N=C(/C)CCCC. The summed E-state index contributed by atoms with van der Waals surface area (Å²) in [5, 5.41) is 0. The van der Waals surface area contributed by atoms with Crippen LogP contribution < -0.4 is 0 Å². The Labute approximate surface area is 70.9 Å². The van der Waals surface area contributed by atoms with Crippen molar-refractivity contribution in [2.75, 3.05) is 6.54 Å². The van der Waals surface area contributed by atoms with E-state index < -0.39 is 0 Å². The van der Waals surface area contributed by atoms with Crippen LogP contribution in [0.5, 0.6) is 0 Å². The zero-order valence-corrected chi connectivity index (χ0v) is 8.19. The molecule has 0 saturated heterocycles. The van der Waals surface area contributed by atoms with E-state index in [2.05, 4.69) is 25.8 Å². The Balaban J connectivity index is 3.30. The minimum absolute atomic E-state index is 1.03. The molecule has 0 heterocycles. The van der Waals surface area contributed by atoms with E-state index in [1.165, 1.54) is 37.8 Å². The highest BCUT2D eigenvalue weighted by Crippen LogP contribution is 1.97. The van der Waals surface area contributed by atoms with Crippen LogP contribution in [-0.2, 0) is 0 Å². The van der Waals surface area contributed by atoms with Gasteiger partial charge in [0, 0.05) is 12.3 Å². The molecule has 0 aromatic carbocycles. The van der Waals surface area contributed by atoms with Gasteiger partial charge >= 0.3 is 0 Å². The molecule has 66 valence electrons. The molecule has 0 aliphatic heterocycles. The van der Waals surface area contributed by atoms with Gasteiger partial charge in [0.05, 0.1) is 0 Å². The molecule has 0 spiro atoms. The van der Waals surface area contributed by atoms with Gasteiger partial charge < -0.3 is 0 Å². The van der Waals surface area contributed by atoms with Gasteiger partial charge in [-0.3, -0.25) is 4.99 Å². The van der Waals surface area contributed by atoms with Gasteiger partial charge in [0.1, 0.15) is 0 Å². The lowest BCUT2D eigenvalue weighted by atomic mass is 10.2. The first-order valence-corrected chi connectivity index (χ1v) is 4.81. The van der Waals surface area contributed by atoms with E-state index in [-0.39, 0.29) is 0 Å². The summed E-state index contributed by atoms with van der Waals surface area (Å²) in [5.74, 6) is 0. The highest BCUT2D eigenvalue weighted by atomic mass is 14.7. The Morgan fingerprint density at radius 2 is 1.73 bits per heavy atom. The number of hydrogen-bond donors (Lipinski definition) is 0. The van der Waals surface area contributed by atoms with E-state index in [0.717, 1.165) is 6.54 Å². The lowest BCUT2D eigenvalue weighted by Gasteiger charge is -1.97. The van der Waals surface area contributed by atoms with Crippen molar-refractivity contribution in [1.82, 2.24) is 0 Å². The summed E-state index contributed by atoms with van der Waals surface area (Å²) < 4.78 is 0. The van der Waals surface area contributed by atoms with Crippen LogP contribution in [0.4, 0.5) is 0 Å². The van der Waals surface area contributed by atoms with Gasteiger partial charge in [-0.25, -0.2) is 0 Å². The smallest absolute Gasteiger partial charge is 0.0388 e. The van der Waals surface area contributed by atoms with Gasteiger partial charge in [-0.15, -0.1) is 0 Å². The van der Waals surface area contributed by atoms with E-state index in [0.29, 0.717) is 0 Å². The van der Waals surface area contributed by atoms with Gasteiger partial charge in [-0.2, -0.15) is 0 Å². The van der Waals surface area contributed by atoms with Crippen molar-refractivity contribution in [3.63, 3.8) is 0 Å². The first-order valence-electron chi connectivity index (χ1n) is 4.81. The Hall–Kier alpha value is -0.330. The zero-order chi connectivity index (χ0) is 8.53. The predicted molar refractivity (Wildman–Crippen MR) is 52.4 cm³/mol. The van der Waals surface area contributed by atoms with Crippen molar-refractivity contribution in [3.05, 3.63) is 0 Å². The van der Waals surface area contributed by atoms with E-state index >= 15 is 0 Å². The minimum atomic E-state index is 1.03. The van der Waals surface area contributed by atoms with Gasteiger partial charge in [0.15, 0.2) is 0 Å². The molecule has 0 bridgehead atoms. The molecular formula is C10H21N. The normalized spacial score (nSPS) is 12.1. The third-order valence-corrected chi connectivity index (χ3v) is 1.79. The lowest BCUT2D eigenvalue weighted by Crippen LogP contribution is -1.93. The lowest BCUT2D eigenvalue weighted by molar-refractivity contribution is 0.792. The van der Waals surface area contributed by atoms with Gasteiger partial charge in [-0.1, -0.05) is 26.7 Å². The maximum atomic E-state index is 4.47. The van der Waals surface area contributed by atoms with Crippen molar-refractivity contribution < 1.29 is 0 Å². The number of aliphatic imine (C=N–C) groups is 1. The van der Waals surface area contributed by atoms with Crippen molar-refractivity contribution >= 4 is 5.71 Å². The molecule has 11 heavy (non-hydrogen) atoms. The summed E-state index contributed by atoms with van der Waals surface area (Å²) in [5.41, 5.74) is 1.33. The third kappa shape index (κ3) is 7.57. The molecule has 1 heteroatoms. The molecule has 0 atom stereocenters. The van der Waals surface area contributed by atoms with Crippen LogP contribution in [0.1, 0.15) is 52.9 Å². The molecule has 0 aliphatic carbocycles. The Kier molecular flexibility index (Phi) is 7.54. The molecule has 0 unspecified atom stereocenters. The van der Waals surface area contributed by atoms with Crippen LogP contribution in [0.2, 0.25) is 0 Å². The summed E-state index contributed by atoms with van der Waals surface area (Å²) in [4.78, 5) is 4.47. The van der Waals surface area contributed by atoms with Gasteiger partial charge in [0.25, 0.3) is 0 Å². The molecular weight excluding hydrogens is 134 g/mol. The molecule has 0 aromatic heterocycles. The standard InChI is InChI=1S/C10H21N/c1-4-6-8-10(3)11-9-7-5-2/h4-9H2,1-3H3/b11-10-. The molecule has 1 nitrogen and oxygen atoms in total. The van der Waals surface area contributed by atoms with Crippen molar-refractivity contribution in [1.29, 1.82) is 0 Å². The minimum Gasteiger partial charge on any atom is -0.294 e. The second-order valence-electron chi connectivity index (χ2n) is 3.07. The van der Waals surface area contributed by atoms with E-state index in [1.54, 1.807) is 0 Å². The summed E-state index contributed by atoms with van der Waals surface area (Å²) in [6, 6.07) is 0. The summed E-state index contributed by atoms with van der Waals surface area (Å²) >= 11 is 0. The maximum absolute atomic E-state index is 4.47. The number of hydrogen-bond acceptors (Lipinski definition) is 1. The molecule has 0 fully saturated rings. The van der Waals surface area contributed by atoms with Crippen molar-refractivity contribution in [3.8, 4) is 0 Å². The van der Waals surface area contributed by atoms with Crippen LogP contribution in [0, 0.1) is 0 Å². The first kappa shape index (κ1) is 10.7. The van der Waals surface area contributed by atoms with Crippen molar-refractivity contribution in [2.24, 2.45) is 4.99 Å². The van der Waals surface area contributed by atoms with E-state index in [4.69, 9.17) is 0 Å². The molecule has 0 aromatic rings. The summed E-state index contributed by atoms with van der Waals surface area (Å²) in [6.45, 7) is 7.60. The number of nitrogens with zero attached hydrogens (tertiary/aromatic N) is 1. The van der Waals surface area contributed by atoms with Crippen LogP contribution in [-0.4, -0.2) is 12.3 Å². The van der Waals surface area contributed by atoms with Crippen LogP contribution in [0.15, 0.2) is 4.99 Å². The second kappa shape index (κ2) is 7.77. The fourth-order valence-electron chi connectivity index (χ4n) is 0.940. The van der Waals surface area contributed by atoms with E-state index in [9.17, 15) is 0 Å². The Morgan fingerprint density at radius 3 is 2.27 bits per heavy atom. The number of rotatable bonds is 6.